The molecule has 0 saturated carbocycles. The largest absolute Gasteiger partial charge is 0.382 e. The summed E-state index contributed by atoms with van der Waals surface area (Å²) in [7, 11) is -1.45. The molecule has 20 heavy (non-hydrogen) atoms. The van der Waals surface area contributed by atoms with Gasteiger partial charge in [0.05, 0.1) is 4.90 Å². The van der Waals surface area contributed by atoms with Gasteiger partial charge in [0.2, 0.25) is 10.0 Å². The number of hydrogen-bond donors (Lipinski definition) is 2. The first kappa shape index (κ1) is 15.3. The molecular formula is C14H23N3O2S. The van der Waals surface area contributed by atoms with Crippen LogP contribution in [0.15, 0.2) is 29.2 Å². The lowest BCUT2D eigenvalue weighted by molar-refractivity contribution is 0.208. The van der Waals surface area contributed by atoms with E-state index in [1.165, 1.54) is 12.8 Å². The van der Waals surface area contributed by atoms with Gasteiger partial charge in [-0.25, -0.2) is 13.6 Å². The predicted octanol–water partition coefficient (Wildman–Crippen LogP) is 1.48. The van der Waals surface area contributed by atoms with E-state index in [2.05, 4.69) is 24.2 Å². The quantitative estimate of drug-likeness (QED) is 0.882. The molecule has 112 valence electrons. The summed E-state index contributed by atoms with van der Waals surface area (Å²) in [4.78, 5) is 2.50. The Hall–Kier alpha value is -1.11. The first-order valence-corrected chi connectivity index (χ1v) is 8.49. The number of likely N-dealkylation sites (tertiary alicyclic amines) is 1. The zero-order chi connectivity index (χ0) is 14.8. The lowest BCUT2D eigenvalue weighted by atomic mass is 9.90. The molecule has 1 aromatic rings. The van der Waals surface area contributed by atoms with Crippen LogP contribution >= 0.6 is 0 Å². The summed E-state index contributed by atoms with van der Waals surface area (Å²) in [5.41, 5.74) is 0.934. The Labute approximate surface area is 121 Å². The highest BCUT2D eigenvalue weighted by atomic mass is 32.2. The Balaban J connectivity index is 1.96. The fourth-order valence-electron chi connectivity index (χ4n) is 2.65. The molecule has 0 amide bonds. The third-order valence-electron chi connectivity index (χ3n) is 4.05. The Morgan fingerprint density at radius 2 is 1.80 bits per heavy atom. The van der Waals surface area contributed by atoms with E-state index >= 15 is 0 Å². The minimum absolute atomic E-state index is 0.148. The third kappa shape index (κ3) is 3.94. The molecule has 0 aromatic heterocycles. The molecule has 5 nitrogen and oxygen atoms in total. The summed E-state index contributed by atoms with van der Waals surface area (Å²) in [6, 6.07) is 7.00. The maximum atomic E-state index is 11.2. The third-order valence-corrected chi connectivity index (χ3v) is 4.98. The van der Waals surface area contributed by atoms with Crippen LogP contribution in [0.2, 0.25) is 0 Å². The van der Waals surface area contributed by atoms with Crippen LogP contribution in [0.4, 0.5) is 5.69 Å². The van der Waals surface area contributed by atoms with Gasteiger partial charge in [-0.05, 0) is 70.1 Å². The zero-order valence-corrected chi connectivity index (χ0v) is 12.9. The Bertz CT molecular complexity index is 534. The highest BCUT2D eigenvalue weighted by Gasteiger charge is 2.22. The van der Waals surface area contributed by atoms with E-state index in [0.717, 1.165) is 18.8 Å². The smallest absolute Gasteiger partial charge is 0.238 e. The van der Waals surface area contributed by atoms with Gasteiger partial charge in [-0.1, -0.05) is 0 Å². The Morgan fingerprint density at radius 3 is 2.30 bits per heavy atom. The molecule has 0 radical (unpaired) electrons. The van der Waals surface area contributed by atoms with Crippen LogP contribution in [0.25, 0.3) is 0 Å². The van der Waals surface area contributed by atoms with E-state index in [1.54, 1.807) is 24.3 Å². The van der Waals surface area contributed by atoms with Crippen molar-refractivity contribution >= 4 is 15.7 Å². The molecule has 6 heteroatoms. The lowest BCUT2D eigenvalue weighted by Crippen LogP contribution is -2.37. The van der Waals surface area contributed by atoms with Crippen molar-refractivity contribution < 1.29 is 8.42 Å². The summed E-state index contributed by atoms with van der Waals surface area (Å²) in [5.74, 6) is 0.657. The molecule has 0 bridgehead atoms. The molecule has 1 saturated heterocycles. The molecule has 1 aliphatic rings. The van der Waals surface area contributed by atoms with Crippen molar-refractivity contribution in [1.82, 2.24) is 4.90 Å². The van der Waals surface area contributed by atoms with Crippen molar-refractivity contribution in [3.63, 3.8) is 0 Å². The van der Waals surface area contributed by atoms with Gasteiger partial charge in [-0.2, -0.15) is 0 Å². The average molecular weight is 297 g/mol. The van der Waals surface area contributed by atoms with Gasteiger partial charge in [-0.15, -0.1) is 0 Å². The van der Waals surface area contributed by atoms with Gasteiger partial charge in [-0.3, -0.25) is 0 Å². The van der Waals surface area contributed by atoms with Crippen molar-refractivity contribution in [3.05, 3.63) is 24.3 Å². The number of nitrogens with one attached hydrogen (secondary N) is 1. The van der Waals surface area contributed by atoms with Crippen molar-refractivity contribution in [3.8, 4) is 0 Å². The number of primary sulfonamides is 1. The minimum Gasteiger partial charge on any atom is -0.382 e. The number of nitrogens with two attached hydrogens (primary N) is 1. The van der Waals surface area contributed by atoms with Crippen LogP contribution in [-0.2, 0) is 10.0 Å². The van der Waals surface area contributed by atoms with E-state index in [4.69, 9.17) is 5.14 Å². The second kappa shape index (κ2) is 6.11. The Morgan fingerprint density at radius 1 is 1.25 bits per heavy atom. The van der Waals surface area contributed by atoms with Crippen LogP contribution in [-0.4, -0.2) is 39.5 Å². The van der Waals surface area contributed by atoms with Crippen molar-refractivity contribution in [2.24, 2.45) is 11.1 Å². The van der Waals surface area contributed by atoms with Gasteiger partial charge in [0, 0.05) is 11.7 Å². The molecule has 3 N–H and O–H groups in total. The van der Waals surface area contributed by atoms with Crippen LogP contribution in [0.5, 0.6) is 0 Å². The zero-order valence-electron chi connectivity index (χ0n) is 12.0. The predicted molar refractivity (Wildman–Crippen MR) is 81.1 cm³/mol. The van der Waals surface area contributed by atoms with Gasteiger partial charge in [0.15, 0.2) is 0 Å². The maximum Gasteiger partial charge on any atom is 0.238 e. The normalized spacial score (nSPS) is 19.8. The molecule has 1 fully saturated rings. The summed E-state index contributed by atoms with van der Waals surface area (Å²) in [6.07, 6.45) is 2.39. The molecule has 1 aliphatic heterocycles. The molecular weight excluding hydrogens is 274 g/mol. The molecule has 1 unspecified atom stereocenters. The van der Waals surface area contributed by atoms with Crippen molar-refractivity contribution in [2.45, 2.75) is 30.7 Å². The summed E-state index contributed by atoms with van der Waals surface area (Å²) >= 11 is 0. The summed E-state index contributed by atoms with van der Waals surface area (Å²) in [6.45, 7) is 4.46. The first-order valence-electron chi connectivity index (χ1n) is 6.94. The number of rotatable bonds is 4. The maximum absolute atomic E-state index is 11.2. The number of anilines is 1. The highest BCUT2D eigenvalue weighted by Crippen LogP contribution is 2.23. The summed E-state index contributed by atoms with van der Waals surface area (Å²) in [5, 5.41) is 8.54. The number of sulfonamides is 1. The molecule has 1 heterocycles. The van der Waals surface area contributed by atoms with Crippen LogP contribution < -0.4 is 10.5 Å². The fourth-order valence-corrected chi connectivity index (χ4v) is 3.17. The average Bonchev–Trinajstić information content (AvgIpc) is 2.39. The highest BCUT2D eigenvalue weighted by molar-refractivity contribution is 7.89. The minimum atomic E-state index is -3.61. The fraction of sp³-hybridized carbons (Fsp3) is 0.571. The van der Waals surface area contributed by atoms with Crippen LogP contribution in [0.3, 0.4) is 0 Å². The number of piperidine rings is 1. The van der Waals surface area contributed by atoms with Gasteiger partial charge in [0.1, 0.15) is 0 Å². The molecule has 1 atom stereocenters. The SMILES string of the molecule is CC(Nc1ccc(S(N)(=O)=O)cc1)C1CCN(C)CC1. The van der Waals surface area contributed by atoms with Crippen LogP contribution in [0, 0.1) is 5.92 Å². The molecule has 0 spiro atoms. The van der Waals surface area contributed by atoms with E-state index in [0.29, 0.717) is 12.0 Å². The van der Waals surface area contributed by atoms with Crippen molar-refractivity contribution in [2.75, 3.05) is 25.5 Å². The summed E-state index contributed by atoms with van der Waals surface area (Å²) < 4.78 is 22.4. The Kier molecular flexibility index (Phi) is 4.67. The van der Waals surface area contributed by atoms with Crippen molar-refractivity contribution in [1.29, 1.82) is 0 Å². The first-order chi connectivity index (χ1) is 9.36. The standard InChI is InChI=1S/C14H23N3O2S/c1-11(12-7-9-17(2)10-8-12)16-13-3-5-14(6-4-13)20(15,18)19/h3-6,11-12,16H,7-10H2,1-2H3,(H2,15,18,19). The second-order valence-electron chi connectivity index (χ2n) is 5.64. The topological polar surface area (TPSA) is 75.4 Å². The van der Waals surface area contributed by atoms with Crippen LogP contribution in [0.1, 0.15) is 19.8 Å². The lowest BCUT2D eigenvalue weighted by Gasteiger charge is -2.33. The molecule has 1 aromatic carbocycles. The van der Waals surface area contributed by atoms with Gasteiger partial charge < -0.3 is 10.2 Å². The van der Waals surface area contributed by atoms with E-state index in [1.807, 2.05) is 0 Å². The molecule has 2 rings (SSSR count). The number of benzene rings is 1. The number of hydrogen-bond acceptors (Lipinski definition) is 4. The molecule has 0 aliphatic carbocycles. The second-order valence-corrected chi connectivity index (χ2v) is 7.20. The monoisotopic (exact) mass is 297 g/mol. The van der Waals surface area contributed by atoms with Gasteiger partial charge in [0.25, 0.3) is 0 Å². The van der Waals surface area contributed by atoms with E-state index in [9.17, 15) is 8.42 Å². The van der Waals surface area contributed by atoms with Gasteiger partial charge >= 0.3 is 0 Å². The number of nitrogens with zero attached hydrogens (tertiary/aromatic N) is 1. The van der Waals surface area contributed by atoms with E-state index < -0.39 is 10.0 Å². The van der Waals surface area contributed by atoms with E-state index in [-0.39, 0.29) is 4.90 Å².